The number of nitrogens with one attached hydrogen (secondary N) is 3. The highest BCUT2D eigenvalue weighted by Gasteiger charge is 2.11. The van der Waals surface area contributed by atoms with Crippen molar-refractivity contribution >= 4 is 0 Å². The Morgan fingerprint density at radius 2 is 2.06 bits per heavy atom. The molecule has 0 fully saturated rings. The molecule has 1 aromatic carbocycles. The van der Waals surface area contributed by atoms with E-state index in [9.17, 15) is 10.2 Å². The molecule has 2 rings (SSSR count). The summed E-state index contributed by atoms with van der Waals surface area (Å²) in [6.45, 7) is 1.90. The van der Waals surface area contributed by atoms with Gasteiger partial charge in [-0.3, -0.25) is 5.41 Å². The Kier molecular flexibility index (Phi) is 2.40. The number of hydrogen-bond acceptors (Lipinski definition) is 4. The molecule has 0 bridgehead atoms. The zero-order valence-corrected chi connectivity index (χ0v) is 8.70. The van der Waals surface area contributed by atoms with E-state index in [0.29, 0.717) is 17.8 Å². The first-order chi connectivity index (χ1) is 7.61. The molecule has 0 spiro atoms. The summed E-state index contributed by atoms with van der Waals surface area (Å²) in [5.74, 6) is 0.361. The molecule has 0 radical (unpaired) electrons. The summed E-state index contributed by atoms with van der Waals surface area (Å²) in [5.41, 5.74) is 1.24. The normalized spacial score (nSPS) is 10.6. The van der Waals surface area contributed by atoms with Gasteiger partial charge in [0.25, 0.3) is 0 Å². The molecular weight excluding hydrogens is 208 g/mol. The average molecular weight is 220 g/mol. The number of aryl methyl sites for hydroxylation is 1. The molecule has 2 aromatic rings. The van der Waals surface area contributed by atoms with Gasteiger partial charge in [0.05, 0.1) is 5.56 Å². The fourth-order valence-corrected chi connectivity index (χ4v) is 1.51. The summed E-state index contributed by atoms with van der Waals surface area (Å²) < 4.78 is 0. The maximum Gasteiger partial charge on any atom is 0.215 e. The Labute approximate surface area is 91.1 Å². The number of benzene rings is 1. The minimum absolute atomic E-state index is 0.0560. The topological polar surface area (TPSA) is 109 Å². The molecule has 6 nitrogen and oxygen atoms in total. The third kappa shape index (κ3) is 1.65. The fourth-order valence-electron chi connectivity index (χ4n) is 1.51. The van der Waals surface area contributed by atoms with Crippen molar-refractivity contribution in [1.82, 2.24) is 15.2 Å². The second-order valence-electron chi connectivity index (χ2n) is 3.42. The lowest BCUT2D eigenvalue weighted by atomic mass is 10.1. The van der Waals surface area contributed by atoms with E-state index in [1.165, 1.54) is 6.07 Å². The van der Waals surface area contributed by atoms with Gasteiger partial charge < -0.3 is 15.2 Å². The van der Waals surface area contributed by atoms with E-state index < -0.39 is 0 Å². The van der Waals surface area contributed by atoms with Gasteiger partial charge in [-0.15, -0.1) is 0 Å². The Morgan fingerprint density at radius 1 is 1.31 bits per heavy atom. The molecule has 84 valence electrons. The third-order valence-corrected chi connectivity index (χ3v) is 2.36. The number of rotatable bonds is 2. The number of aromatic nitrogens is 3. The fraction of sp³-hybridized carbons (Fsp3) is 0.200. The summed E-state index contributed by atoms with van der Waals surface area (Å²) in [7, 11) is 0. The Morgan fingerprint density at radius 3 is 2.62 bits per heavy atom. The molecule has 1 aromatic heterocycles. The van der Waals surface area contributed by atoms with E-state index in [1.54, 1.807) is 6.07 Å². The van der Waals surface area contributed by atoms with Crippen LogP contribution in [0.25, 0.3) is 11.4 Å². The van der Waals surface area contributed by atoms with E-state index in [-0.39, 0.29) is 17.1 Å². The summed E-state index contributed by atoms with van der Waals surface area (Å²) in [6.07, 6.45) is 0.650. The van der Waals surface area contributed by atoms with Crippen LogP contribution in [0.3, 0.4) is 0 Å². The molecule has 16 heavy (non-hydrogen) atoms. The van der Waals surface area contributed by atoms with E-state index in [4.69, 9.17) is 5.41 Å². The van der Waals surface area contributed by atoms with Crippen molar-refractivity contribution in [3.8, 4) is 22.9 Å². The van der Waals surface area contributed by atoms with Crippen molar-refractivity contribution in [3.05, 3.63) is 23.3 Å². The van der Waals surface area contributed by atoms with Crippen molar-refractivity contribution in [2.24, 2.45) is 0 Å². The van der Waals surface area contributed by atoms with Gasteiger partial charge >= 0.3 is 0 Å². The van der Waals surface area contributed by atoms with Gasteiger partial charge in [-0.25, -0.2) is 5.10 Å². The maximum absolute atomic E-state index is 9.68. The van der Waals surface area contributed by atoms with Crippen molar-refractivity contribution in [3.63, 3.8) is 0 Å². The molecule has 6 heteroatoms. The molecule has 0 amide bonds. The minimum atomic E-state index is -0.0718. The molecule has 0 aliphatic rings. The molecule has 0 atom stereocenters. The monoisotopic (exact) mass is 220 g/mol. The molecule has 0 saturated carbocycles. The minimum Gasteiger partial charge on any atom is -0.508 e. The highest BCUT2D eigenvalue weighted by atomic mass is 16.3. The van der Waals surface area contributed by atoms with Gasteiger partial charge in [0.15, 0.2) is 5.82 Å². The summed E-state index contributed by atoms with van der Waals surface area (Å²) in [4.78, 5) is 2.66. The average Bonchev–Trinajstić information content (AvgIpc) is 2.65. The maximum atomic E-state index is 9.68. The first kappa shape index (κ1) is 10.3. The largest absolute Gasteiger partial charge is 0.508 e. The van der Waals surface area contributed by atoms with Gasteiger partial charge in [0.2, 0.25) is 5.62 Å². The van der Waals surface area contributed by atoms with Crippen molar-refractivity contribution in [2.75, 3.05) is 0 Å². The number of nitrogens with zero attached hydrogens (tertiary/aromatic N) is 1. The Hall–Kier alpha value is -2.24. The van der Waals surface area contributed by atoms with Gasteiger partial charge in [-0.05, 0) is 18.1 Å². The number of H-pyrrole nitrogens is 2. The van der Waals surface area contributed by atoms with Gasteiger partial charge in [0.1, 0.15) is 11.5 Å². The van der Waals surface area contributed by atoms with Crippen LogP contribution < -0.4 is 5.62 Å². The number of hydrogen-bond donors (Lipinski definition) is 5. The Bertz CT molecular complexity index is 570. The predicted octanol–water partition coefficient (Wildman–Crippen LogP) is 0.858. The van der Waals surface area contributed by atoms with Crippen LogP contribution in [0.5, 0.6) is 11.5 Å². The molecular formula is C10H12N4O2. The van der Waals surface area contributed by atoms with E-state index >= 15 is 0 Å². The van der Waals surface area contributed by atoms with Crippen LogP contribution in [0.4, 0.5) is 0 Å². The lowest BCUT2D eigenvalue weighted by Crippen LogP contribution is -2.01. The quantitative estimate of drug-likeness (QED) is 0.517. The van der Waals surface area contributed by atoms with Crippen molar-refractivity contribution < 1.29 is 10.2 Å². The van der Waals surface area contributed by atoms with Crippen LogP contribution in [0.2, 0.25) is 0 Å². The summed E-state index contributed by atoms with van der Waals surface area (Å²) >= 11 is 0. The zero-order chi connectivity index (χ0) is 11.7. The Balaban J connectivity index is 2.60. The first-order valence-electron chi connectivity index (χ1n) is 4.86. The SMILES string of the molecule is CCc1cc(-c2n[nH]c(=N)[nH]2)c(O)cc1O. The second kappa shape index (κ2) is 3.73. The number of aromatic amines is 2. The molecule has 0 aliphatic heterocycles. The highest BCUT2D eigenvalue weighted by molar-refractivity contribution is 5.66. The molecule has 1 heterocycles. The van der Waals surface area contributed by atoms with Crippen LogP contribution in [0, 0.1) is 5.41 Å². The smallest absolute Gasteiger partial charge is 0.215 e. The number of aromatic hydroxyl groups is 2. The molecule has 0 aliphatic carbocycles. The van der Waals surface area contributed by atoms with E-state index in [1.807, 2.05) is 6.92 Å². The number of phenols is 2. The zero-order valence-electron chi connectivity index (χ0n) is 8.70. The predicted molar refractivity (Wildman–Crippen MR) is 56.9 cm³/mol. The highest BCUT2D eigenvalue weighted by Crippen LogP contribution is 2.32. The van der Waals surface area contributed by atoms with E-state index in [0.717, 1.165) is 5.56 Å². The van der Waals surface area contributed by atoms with Crippen molar-refractivity contribution in [1.29, 1.82) is 5.41 Å². The van der Waals surface area contributed by atoms with Crippen LogP contribution >= 0.6 is 0 Å². The van der Waals surface area contributed by atoms with Gasteiger partial charge in [0, 0.05) is 6.07 Å². The third-order valence-electron chi connectivity index (χ3n) is 2.36. The van der Waals surface area contributed by atoms with Gasteiger partial charge in [-0.1, -0.05) is 6.92 Å². The van der Waals surface area contributed by atoms with Crippen LogP contribution in [-0.4, -0.2) is 25.4 Å². The molecule has 0 unspecified atom stereocenters. The first-order valence-corrected chi connectivity index (χ1v) is 4.86. The molecule has 5 N–H and O–H groups in total. The summed E-state index contributed by atoms with van der Waals surface area (Å²) in [6, 6.07) is 2.93. The lowest BCUT2D eigenvalue weighted by molar-refractivity contribution is 0.447. The number of phenolic OH excluding ortho intramolecular Hbond substituents is 2. The molecule has 0 saturated heterocycles. The lowest BCUT2D eigenvalue weighted by Gasteiger charge is -2.06. The van der Waals surface area contributed by atoms with Crippen LogP contribution in [-0.2, 0) is 6.42 Å². The van der Waals surface area contributed by atoms with E-state index in [2.05, 4.69) is 15.2 Å². The van der Waals surface area contributed by atoms with Crippen LogP contribution in [0.1, 0.15) is 12.5 Å². The van der Waals surface area contributed by atoms with Crippen LogP contribution in [0.15, 0.2) is 12.1 Å². The second-order valence-corrected chi connectivity index (χ2v) is 3.42. The van der Waals surface area contributed by atoms with Gasteiger partial charge in [-0.2, -0.15) is 5.10 Å². The standard InChI is InChI=1S/C10H12N4O2/c1-2-5-3-6(8(16)4-7(5)15)9-12-10(11)14-13-9/h3-4,15-16H,2H2,1H3,(H3,11,12,13,14). The summed E-state index contributed by atoms with van der Waals surface area (Å²) in [5, 5.41) is 32.8. The van der Waals surface area contributed by atoms with Crippen molar-refractivity contribution in [2.45, 2.75) is 13.3 Å².